The Kier molecular flexibility index (Phi) is 5.77. The van der Waals surface area contributed by atoms with Crippen molar-refractivity contribution in [1.82, 2.24) is 15.2 Å². The highest BCUT2D eigenvalue weighted by Crippen LogP contribution is 2.30. The monoisotopic (exact) mass is 443 g/mol. The van der Waals surface area contributed by atoms with Crippen molar-refractivity contribution in [3.8, 4) is 5.88 Å². The van der Waals surface area contributed by atoms with E-state index in [1.54, 1.807) is 18.3 Å². The van der Waals surface area contributed by atoms with Crippen molar-refractivity contribution in [2.45, 2.75) is 32.2 Å². The van der Waals surface area contributed by atoms with Crippen LogP contribution in [0.1, 0.15) is 52.0 Å². The molecule has 7 nitrogen and oxygen atoms in total. The van der Waals surface area contributed by atoms with E-state index in [0.29, 0.717) is 47.9 Å². The van der Waals surface area contributed by atoms with Crippen molar-refractivity contribution < 1.29 is 19.1 Å². The van der Waals surface area contributed by atoms with Gasteiger partial charge in [-0.3, -0.25) is 19.3 Å². The lowest BCUT2D eigenvalue weighted by Gasteiger charge is -2.27. The highest BCUT2D eigenvalue weighted by atomic mass is 16.5. The Hall–Kier alpha value is -3.74. The minimum absolute atomic E-state index is 0.136. The normalized spacial score (nSPS) is 15.1. The summed E-state index contributed by atoms with van der Waals surface area (Å²) in [5, 5.41) is 4.45. The van der Waals surface area contributed by atoms with Crippen LogP contribution in [0.4, 0.5) is 0 Å². The van der Waals surface area contributed by atoms with Gasteiger partial charge in [0.05, 0.1) is 6.61 Å². The lowest BCUT2D eigenvalue weighted by molar-refractivity contribution is -0.121. The van der Waals surface area contributed by atoms with E-state index in [1.165, 1.54) is 17.7 Å². The van der Waals surface area contributed by atoms with Crippen LogP contribution in [0.2, 0.25) is 0 Å². The average Bonchev–Trinajstić information content (AvgIpc) is 3.67. The van der Waals surface area contributed by atoms with Gasteiger partial charge in [0.15, 0.2) is 0 Å². The van der Waals surface area contributed by atoms with Crippen LogP contribution in [0.3, 0.4) is 0 Å². The number of carbonyl (C=O) groups excluding carboxylic acids is 3. The fraction of sp³-hybridized carbons (Fsp3) is 0.308. The molecule has 2 aromatic carbocycles. The molecule has 0 spiro atoms. The van der Waals surface area contributed by atoms with Crippen molar-refractivity contribution in [2.24, 2.45) is 5.92 Å². The predicted octanol–water partition coefficient (Wildman–Crippen LogP) is 3.72. The maximum Gasteiger partial charge on any atom is 0.261 e. The van der Waals surface area contributed by atoms with Crippen molar-refractivity contribution in [1.29, 1.82) is 0 Å². The number of nitrogens with zero attached hydrogens (tertiary/aromatic N) is 2. The van der Waals surface area contributed by atoms with Gasteiger partial charge >= 0.3 is 0 Å². The maximum absolute atomic E-state index is 12.9. The van der Waals surface area contributed by atoms with E-state index in [1.807, 2.05) is 36.4 Å². The summed E-state index contributed by atoms with van der Waals surface area (Å²) < 4.78 is 5.62. The standard InChI is InChI=1S/C26H25N3O4/c30-22(27-14-18-11-12-23(28-15-18)33-16-17-9-10-17)8-3-13-29-25(31)20-6-1-4-19-5-2-7-21(24(19)20)26(29)32/h1-2,4-7,11-12,15,17H,3,8-10,13-14,16H2,(H,27,30). The minimum atomic E-state index is -0.306. The predicted molar refractivity (Wildman–Crippen MR) is 123 cm³/mol. The smallest absolute Gasteiger partial charge is 0.261 e. The Morgan fingerprint density at radius 1 is 1.03 bits per heavy atom. The number of hydrogen-bond acceptors (Lipinski definition) is 5. The first-order valence-corrected chi connectivity index (χ1v) is 11.3. The number of imide groups is 1. The number of pyridine rings is 1. The number of carbonyl (C=O) groups is 3. The SMILES string of the molecule is O=C(CCCN1C(=O)c2cccc3cccc(c23)C1=O)NCc1ccc(OCC2CC2)nc1. The first kappa shape index (κ1) is 21.1. The molecule has 3 aromatic rings. The van der Waals surface area contributed by atoms with E-state index in [4.69, 9.17) is 4.74 Å². The van der Waals surface area contributed by atoms with Crippen LogP contribution in [-0.4, -0.2) is 40.8 Å². The zero-order chi connectivity index (χ0) is 22.8. The minimum Gasteiger partial charge on any atom is -0.477 e. The third kappa shape index (κ3) is 4.58. The van der Waals surface area contributed by atoms with Gasteiger partial charge in [0, 0.05) is 48.3 Å². The van der Waals surface area contributed by atoms with E-state index in [0.717, 1.165) is 10.9 Å². The molecule has 0 radical (unpaired) electrons. The van der Waals surface area contributed by atoms with E-state index >= 15 is 0 Å². The van der Waals surface area contributed by atoms with Crippen LogP contribution in [0.25, 0.3) is 10.8 Å². The average molecular weight is 444 g/mol. The second-order valence-corrected chi connectivity index (χ2v) is 8.61. The second kappa shape index (κ2) is 9.02. The van der Waals surface area contributed by atoms with Gasteiger partial charge in [-0.15, -0.1) is 0 Å². The lowest BCUT2D eigenvalue weighted by Crippen LogP contribution is -2.41. The van der Waals surface area contributed by atoms with Gasteiger partial charge in [0.1, 0.15) is 0 Å². The molecular weight excluding hydrogens is 418 g/mol. The summed E-state index contributed by atoms with van der Waals surface area (Å²) >= 11 is 0. The number of rotatable bonds is 9. The first-order valence-electron chi connectivity index (χ1n) is 11.3. The third-order valence-corrected chi connectivity index (χ3v) is 6.09. The Bertz CT molecular complexity index is 1170. The zero-order valence-corrected chi connectivity index (χ0v) is 18.3. The van der Waals surface area contributed by atoms with Gasteiger partial charge in [-0.05, 0) is 48.3 Å². The van der Waals surface area contributed by atoms with Crippen LogP contribution < -0.4 is 10.1 Å². The fourth-order valence-corrected chi connectivity index (χ4v) is 4.06. The van der Waals surface area contributed by atoms with Gasteiger partial charge in [-0.25, -0.2) is 4.98 Å². The molecular formula is C26H25N3O4. The molecule has 3 amide bonds. The summed E-state index contributed by atoms with van der Waals surface area (Å²) in [5.41, 5.74) is 1.95. The van der Waals surface area contributed by atoms with Gasteiger partial charge < -0.3 is 10.1 Å². The van der Waals surface area contributed by atoms with Gasteiger partial charge in [-0.2, -0.15) is 0 Å². The first-order chi connectivity index (χ1) is 16.1. The van der Waals surface area contributed by atoms with Crippen LogP contribution in [0.5, 0.6) is 5.88 Å². The summed E-state index contributed by atoms with van der Waals surface area (Å²) in [5.74, 6) is 0.526. The molecule has 0 saturated heterocycles. The Morgan fingerprint density at radius 3 is 2.39 bits per heavy atom. The number of hydrogen-bond donors (Lipinski definition) is 1. The highest BCUT2D eigenvalue weighted by molar-refractivity contribution is 6.25. The van der Waals surface area contributed by atoms with Crippen LogP contribution in [0, 0.1) is 5.92 Å². The molecule has 1 aromatic heterocycles. The number of aromatic nitrogens is 1. The largest absolute Gasteiger partial charge is 0.477 e. The Balaban J connectivity index is 1.11. The van der Waals surface area contributed by atoms with Gasteiger partial charge in [0.25, 0.3) is 11.8 Å². The molecule has 0 bridgehead atoms. The van der Waals surface area contributed by atoms with E-state index in [9.17, 15) is 14.4 Å². The molecule has 0 atom stereocenters. The number of amides is 3. The number of benzene rings is 2. The van der Waals surface area contributed by atoms with Crippen molar-refractivity contribution in [3.05, 3.63) is 71.4 Å². The summed E-state index contributed by atoms with van der Waals surface area (Å²) in [4.78, 5) is 43.6. The van der Waals surface area contributed by atoms with Gasteiger partial charge in [-0.1, -0.05) is 30.3 Å². The van der Waals surface area contributed by atoms with Gasteiger partial charge in [0.2, 0.25) is 11.8 Å². The highest BCUT2D eigenvalue weighted by Gasteiger charge is 2.32. The molecule has 5 rings (SSSR count). The third-order valence-electron chi connectivity index (χ3n) is 6.09. The molecule has 168 valence electrons. The van der Waals surface area contributed by atoms with E-state index in [2.05, 4.69) is 10.3 Å². The molecule has 1 N–H and O–H groups in total. The van der Waals surface area contributed by atoms with E-state index in [-0.39, 0.29) is 30.7 Å². The zero-order valence-electron chi connectivity index (χ0n) is 18.3. The summed E-state index contributed by atoms with van der Waals surface area (Å²) in [6, 6.07) is 14.6. The lowest BCUT2D eigenvalue weighted by atomic mass is 9.94. The molecule has 1 aliphatic carbocycles. The molecule has 0 unspecified atom stereocenters. The van der Waals surface area contributed by atoms with Crippen LogP contribution >= 0.6 is 0 Å². The fourth-order valence-electron chi connectivity index (χ4n) is 4.06. The van der Waals surface area contributed by atoms with Crippen molar-refractivity contribution in [2.75, 3.05) is 13.2 Å². The second-order valence-electron chi connectivity index (χ2n) is 8.61. The number of ether oxygens (including phenoxy) is 1. The Morgan fingerprint density at radius 2 is 1.76 bits per heavy atom. The molecule has 2 aliphatic rings. The Labute approximate surface area is 191 Å². The molecule has 2 heterocycles. The van der Waals surface area contributed by atoms with E-state index < -0.39 is 0 Å². The quantitative estimate of drug-likeness (QED) is 0.509. The van der Waals surface area contributed by atoms with Crippen molar-refractivity contribution >= 4 is 28.5 Å². The summed E-state index contributed by atoms with van der Waals surface area (Å²) in [7, 11) is 0. The van der Waals surface area contributed by atoms with Crippen LogP contribution in [0.15, 0.2) is 54.7 Å². The summed E-state index contributed by atoms with van der Waals surface area (Å²) in [6.07, 6.45) is 4.78. The molecule has 1 saturated carbocycles. The number of nitrogens with one attached hydrogen (secondary N) is 1. The molecule has 33 heavy (non-hydrogen) atoms. The topological polar surface area (TPSA) is 88.6 Å². The molecule has 1 aliphatic heterocycles. The molecule has 1 fully saturated rings. The molecule has 7 heteroatoms. The summed E-state index contributed by atoms with van der Waals surface area (Å²) in [6.45, 7) is 1.28. The van der Waals surface area contributed by atoms with Crippen molar-refractivity contribution in [3.63, 3.8) is 0 Å². The maximum atomic E-state index is 12.9. The van der Waals surface area contributed by atoms with Crippen LogP contribution in [-0.2, 0) is 11.3 Å².